The van der Waals surface area contributed by atoms with E-state index in [9.17, 15) is 24.0 Å². The molecule has 0 fully saturated rings. The quantitative estimate of drug-likeness (QED) is 0.0303. The van der Waals surface area contributed by atoms with Crippen LogP contribution in [-0.2, 0) is 36.8 Å². The second-order valence-electron chi connectivity index (χ2n) is 11.3. The fourth-order valence-electron chi connectivity index (χ4n) is 4.85. The zero-order valence-electron chi connectivity index (χ0n) is 27.2. The molecule has 258 valence electrons. The number of hydrogen-bond donors (Lipinski definition) is 7. The number of carbonyl (C=O) groups is 5. The Bertz CT molecular complexity index is 1380. The maximum Gasteiger partial charge on any atom is 0.243 e. The van der Waals surface area contributed by atoms with Gasteiger partial charge < -0.3 is 43.3 Å². The van der Waals surface area contributed by atoms with Crippen LogP contribution < -0.4 is 38.5 Å². The molecule has 0 aliphatic rings. The number of nitrogens with two attached hydrogens (primary N) is 3. The van der Waals surface area contributed by atoms with Gasteiger partial charge in [-0.3, -0.25) is 24.2 Å². The van der Waals surface area contributed by atoms with Crippen molar-refractivity contribution in [2.45, 2.75) is 82.0 Å². The van der Waals surface area contributed by atoms with E-state index in [1.807, 2.05) is 48.5 Å². The van der Waals surface area contributed by atoms with Crippen molar-refractivity contribution < 1.29 is 24.0 Å². The monoisotopic (exact) mass is 660 g/mol. The second kappa shape index (κ2) is 22.3. The lowest BCUT2D eigenvalue weighted by atomic mass is 10.0. The number of terminal acetylenes is 1. The Balaban J connectivity index is 2.32. The van der Waals surface area contributed by atoms with Gasteiger partial charge in [-0.25, -0.2) is 0 Å². The maximum absolute atomic E-state index is 13.9. The molecule has 48 heavy (non-hydrogen) atoms. The van der Waals surface area contributed by atoms with Crippen molar-refractivity contribution in [2.24, 2.45) is 22.2 Å². The Labute approximate surface area is 282 Å². The lowest BCUT2D eigenvalue weighted by molar-refractivity contribution is -0.134. The standard InChI is InChI=1S/C35H48N8O5/c1-2-3-19-31(45)41-29(22-25-13-6-4-7-14-25)33(47)43-30(23-26-15-8-5-9-16-26)34(48)42-28(18-12-21-39-35(37)38)32(46)40-27(24-44)17-10-11-20-36/h1,4-9,13-16,24,27-30H,3,10-12,17-23,36H2,(H,40,46)(H,41,45)(H,42,48)(H,43,47)(H4,37,38,39)/t27-,28-,29?,30-/m0/s1. The Morgan fingerprint density at radius 2 is 1.29 bits per heavy atom. The van der Waals surface area contributed by atoms with E-state index in [-0.39, 0.29) is 44.6 Å². The molecule has 0 spiro atoms. The van der Waals surface area contributed by atoms with E-state index >= 15 is 0 Å². The van der Waals surface area contributed by atoms with Gasteiger partial charge in [0.2, 0.25) is 23.6 Å². The maximum atomic E-state index is 13.9. The molecule has 2 aromatic carbocycles. The number of unbranched alkanes of at least 4 members (excludes halogenated alkanes) is 1. The molecule has 0 aromatic heterocycles. The normalized spacial score (nSPS) is 13.0. The summed E-state index contributed by atoms with van der Waals surface area (Å²) in [4.78, 5) is 69.3. The summed E-state index contributed by atoms with van der Waals surface area (Å²) in [5.74, 6) is 0.127. The van der Waals surface area contributed by atoms with Crippen LogP contribution in [0.2, 0.25) is 0 Å². The number of amides is 4. The van der Waals surface area contributed by atoms with E-state index in [1.165, 1.54) is 0 Å². The fraction of sp³-hybridized carbons (Fsp3) is 0.429. The molecule has 1 unspecified atom stereocenters. The minimum absolute atomic E-state index is 0.0354. The summed E-state index contributed by atoms with van der Waals surface area (Å²) in [6, 6.07) is 14.2. The zero-order valence-corrected chi connectivity index (χ0v) is 27.2. The molecular weight excluding hydrogens is 612 g/mol. The van der Waals surface area contributed by atoms with Crippen molar-refractivity contribution >= 4 is 35.9 Å². The van der Waals surface area contributed by atoms with Crippen molar-refractivity contribution in [3.8, 4) is 12.3 Å². The first-order valence-electron chi connectivity index (χ1n) is 16.1. The highest BCUT2D eigenvalue weighted by Gasteiger charge is 2.30. The van der Waals surface area contributed by atoms with Gasteiger partial charge in [0.1, 0.15) is 24.4 Å². The van der Waals surface area contributed by atoms with E-state index in [0.717, 1.165) is 11.1 Å². The highest BCUT2D eigenvalue weighted by atomic mass is 16.2. The van der Waals surface area contributed by atoms with Crippen LogP contribution in [-0.4, -0.2) is 73.1 Å². The van der Waals surface area contributed by atoms with Gasteiger partial charge >= 0.3 is 0 Å². The Hall–Kier alpha value is -5.22. The number of nitrogens with zero attached hydrogens (tertiary/aromatic N) is 1. The van der Waals surface area contributed by atoms with Crippen LogP contribution in [0.3, 0.4) is 0 Å². The molecule has 13 heteroatoms. The molecule has 0 radical (unpaired) electrons. The number of hydrogen-bond acceptors (Lipinski definition) is 7. The third-order valence-electron chi connectivity index (χ3n) is 7.39. The van der Waals surface area contributed by atoms with Crippen LogP contribution in [0.25, 0.3) is 0 Å². The van der Waals surface area contributed by atoms with E-state index in [4.69, 9.17) is 23.6 Å². The third-order valence-corrected chi connectivity index (χ3v) is 7.39. The second-order valence-corrected chi connectivity index (χ2v) is 11.3. The molecule has 0 heterocycles. The van der Waals surface area contributed by atoms with E-state index in [0.29, 0.717) is 38.5 Å². The number of rotatable bonds is 22. The minimum Gasteiger partial charge on any atom is -0.370 e. The average molecular weight is 661 g/mol. The molecular formula is C35H48N8O5. The summed E-state index contributed by atoms with van der Waals surface area (Å²) in [6.45, 7) is 0.665. The number of benzene rings is 2. The summed E-state index contributed by atoms with van der Waals surface area (Å²) in [6.07, 6.45) is 8.68. The van der Waals surface area contributed by atoms with Gasteiger partial charge in [0, 0.05) is 32.2 Å². The van der Waals surface area contributed by atoms with Gasteiger partial charge in [-0.2, -0.15) is 0 Å². The van der Waals surface area contributed by atoms with Crippen LogP contribution in [0.15, 0.2) is 65.7 Å². The third kappa shape index (κ3) is 15.4. The first-order valence-corrected chi connectivity index (χ1v) is 16.1. The van der Waals surface area contributed by atoms with E-state index in [1.54, 1.807) is 12.1 Å². The molecule has 4 atom stereocenters. The van der Waals surface area contributed by atoms with Crippen LogP contribution in [0.1, 0.15) is 56.1 Å². The SMILES string of the molecule is C#CCCC(=O)NC(Cc1ccccc1)C(=O)N[C@@H](Cc1ccccc1)C(=O)N[C@@H](CCCN=C(N)N)C(=O)N[C@H](C=O)CCCCN. The molecule has 0 saturated carbocycles. The fourth-order valence-corrected chi connectivity index (χ4v) is 4.85. The molecule has 2 rings (SSSR count). The number of carbonyl (C=O) groups excluding carboxylic acids is 5. The number of aldehydes is 1. The Kier molecular flexibility index (Phi) is 18.1. The summed E-state index contributed by atoms with van der Waals surface area (Å²) in [7, 11) is 0. The van der Waals surface area contributed by atoms with Crippen molar-refractivity contribution in [1.82, 2.24) is 21.3 Å². The van der Waals surface area contributed by atoms with Gasteiger partial charge in [-0.1, -0.05) is 60.7 Å². The zero-order chi connectivity index (χ0) is 35.1. The highest BCUT2D eigenvalue weighted by molar-refractivity contribution is 5.95. The van der Waals surface area contributed by atoms with Crippen LogP contribution in [0, 0.1) is 12.3 Å². The molecule has 4 amide bonds. The lowest BCUT2D eigenvalue weighted by Crippen LogP contribution is -2.58. The van der Waals surface area contributed by atoms with Gasteiger partial charge in [-0.05, 0) is 49.8 Å². The number of aliphatic imine (C=N–C) groups is 1. The molecule has 10 N–H and O–H groups in total. The van der Waals surface area contributed by atoms with Gasteiger partial charge in [-0.15, -0.1) is 12.3 Å². The van der Waals surface area contributed by atoms with E-state index in [2.05, 4.69) is 32.2 Å². The molecule has 0 bridgehead atoms. The van der Waals surface area contributed by atoms with E-state index < -0.39 is 47.8 Å². The summed E-state index contributed by atoms with van der Waals surface area (Å²) in [5.41, 5.74) is 18.0. The predicted octanol–water partition coefficient (Wildman–Crippen LogP) is 0.206. The summed E-state index contributed by atoms with van der Waals surface area (Å²) < 4.78 is 0. The first kappa shape index (κ1) is 39.0. The number of nitrogens with one attached hydrogen (secondary N) is 4. The molecule has 0 aliphatic heterocycles. The summed E-state index contributed by atoms with van der Waals surface area (Å²) >= 11 is 0. The first-order chi connectivity index (χ1) is 23.2. The average Bonchev–Trinajstić information content (AvgIpc) is 3.08. The molecule has 13 nitrogen and oxygen atoms in total. The molecule has 0 aliphatic carbocycles. The lowest BCUT2D eigenvalue weighted by Gasteiger charge is -2.26. The van der Waals surface area contributed by atoms with Crippen molar-refractivity contribution in [2.75, 3.05) is 13.1 Å². The molecule has 0 saturated heterocycles. The van der Waals surface area contributed by atoms with Gasteiger partial charge in [0.15, 0.2) is 5.96 Å². The predicted molar refractivity (Wildman–Crippen MR) is 185 cm³/mol. The Morgan fingerprint density at radius 3 is 1.81 bits per heavy atom. The van der Waals surface area contributed by atoms with Gasteiger partial charge in [0.05, 0.1) is 6.04 Å². The topological polar surface area (TPSA) is 224 Å². The largest absolute Gasteiger partial charge is 0.370 e. The molecule has 2 aromatic rings. The highest BCUT2D eigenvalue weighted by Crippen LogP contribution is 2.09. The van der Waals surface area contributed by atoms with Gasteiger partial charge in [0.25, 0.3) is 0 Å². The minimum atomic E-state index is -1.12. The van der Waals surface area contributed by atoms with Crippen molar-refractivity contribution in [1.29, 1.82) is 0 Å². The van der Waals surface area contributed by atoms with Crippen molar-refractivity contribution in [3.63, 3.8) is 0 Å². The summed E-state index contributed by atoms with van der Waals surface area (Å²) in [5, 5.41) is 11.0. The van der Waals surface area contributed by atoms with Crippen LogP contribution in [0.5, 0.6) is 0 Å². The van der Waals surface area contributed by atoms with Crippen molar-refractivity contribution in [3.05, 3.63) is 71.8 Å². The van der Waals surface area contributed by atoms with Crippen LogP contribution >= 0.6 is 0 Å². The Morgan fingerprint density at radius 1 is 0.750 bits per heavy atom. The number of guanidine groups is 1. The smallest absolute Gasteiger partial charge is 0.243 e. The van der Waals surface area contributed by atoms with Crippen LogP contribution in [0.4, 0.5) is 0 Å².